The highest BCUT2D eigenvalue weighted by Gasteiger charge is 2.00. The topological polar surface area (TPSA) is 0 Å². The molecular formula is C15H22. The van der Waals surface area contributed by atoms with Gasteiger partial charge in [-0.1, -0.05) is 37.1 Å². The summed E-state index contributed by atoms with van der Waals surface area (Å²) < 4.78 is 0. The van der Waals surface area contributed by atoms with Crippen LogP contribution in [0.1, 0.15) is 43.4 Å². The largest absolute Gasteiger partial charge is 0.100 e. The molecule has 0 unspecified atom stereocenters. The Labute approximate surface area is 94.0 Å². The molecule has 0 radical (unpaired) electrons. The van der Waals surface area contributed by atoms with Crippen LogP contribution < -0.4 is 0 Å². The maximum atomic E-state index is 3.95. The molecule has 1 rings (SSSR count). The maximum Gasteiger partial charge on any atom is -0.0242 e. The van der Waals surface area contributed by atoms with Gasteiger partial charge in [0.25, 0.3) is 0 Å². The molecule has 0 aromatic heterocycles. The second kappa shape index (κ2) is 5.75. The Morgan fingerprint density at radius 3 is 2.60 bits per heavy atom. The van der Waals surface area contributed by atoms with Crippen LogP contribution in [-0.2, 0) is 12.8 Å². The molecule has 0 amide bonds. The molecule has 0 heterocycles. The molecular weight excluding hydrogens is 180 g/mol. The fourth-order valence-corrected chi connectivity index (χ4v) is 1.78. The number of hydrogen-bond acceptors (Lipinski definition) is 0. The van der Waals surface area contributed by atoms with Crippen LogP contribution in [0.4, 0.5) is 0 Å². The van der Waals surface area contributed by atoms with Gasteiger partial charge in [0, 0.05) is 0 Å². The molecule has 0 atom stereocenters. The van der Waals surface area contributed by atoms with Crippen molar-refractivity contribution in [3.8, 4) is 0 Å². The number of aryl methyl sites for hydroxylation is 3. The molecule has 0 fully saturated rings. The highest BCUT2D eigenvalue weighted by molar-refractivity contribution is 5.31. The molecule has 0 bridgehead atoms. The average Bonchev–Trinajstić information content (AvgIpc) is 2.19. The third-order valence-corrected chi connectivity index (χ3v) is 2.77. The van der Waals surface area contributed by atoms with E-state index in [0.29, 0.717) is 0 Å². The van der Waals surface area contributed by atoms with E-state index in [1.807, 2.05) is 0 Å². The fraction of sp³-hybridized carbons (Fsp3) is 0.467. The van der Waals surface area contributed by atoms with Gasteiger partial charge in [-0.05, 0) is 49.8 Å². The Kier molecular flexibility index (Phi) is 4.61. The molecule has 1 aromatic rings. The standard InChI is InChI=1S/C15H22/c1-5-6-15-11-14(9-7-12(2)3)10-8-13(15)4/h8,10-11H,2,5-7,9H2,1,3-4H3. The second-order valence-corrected chi connectivity index (χ2v) is 4.47. The van der Waals surface area contributed by atoms with E-state index in [1.165, 1.54) is 35.1 Å². The summed E-state index contributed by atoms with van der Waals surface area (Å²) in [6.45, 7) is 10.5. The minimum atomic E-state index is 1.11. The van der Waals surface area contributed by atoms with Crippen LogP contribution in [0, 0.1) is 6.92 Å². The first-order valence-corrected chi connectivity index (χ1v) is 5.86. The van der Waals surface area contributed by atoms with Crippen molar-refractivity contribution in [1.82, 2.24) is 0 Å². The lowest BCUT2D eigenvalue weighted by Crippen LogP contribution is -1.93. The summed E-state index contributed by atoms with van der Waals surface area (Å²) in [6.07, 6.45) is 4.67. The van der Waals surface area contributed by atoms with E-state index in [9.17, 15) is 0 Å². The van der Waals surface area contributed by atoms with Crippen LogP contribution >= 0.6 is 0 Å². The van der Waals surface area contributed by atoms with Gasteiger partial charge in [-0.2, -0.15) is 0 Å². The van der Waals surface area contributed by atoms with Crippen LogP contribution in [0.25, 0.3) is 0 Å². The van der Waals surface area contributed by atoms with Crippen molar-refractivity contribution >= 4 is 0 Å². The fourth-order valence-electron chi connectivity index (χ4n) is 1.78. The molecule has 0 heteroatoms. The van der Waals surface area contributed by atoms with Crippen LogP contribution in [0.15, 0.2) is 30.4 Å². The van der Waals surface area contributed by atoms with Gasteiger partial charge >= 0.3 is 0 Å². The Hall–Kier alpha value is -1.04. The molecule has 15 heavy (non-hydrogen) atoms. The Morgan fingerprint density at radius 2 is 2.00 bits per heavy atom. The van der Waals surface area contributed by atoms with E-state index in [4.69, 9.17) is 0 Å². The molecule has 0 aliphatic heterocycles. The number of hydrogen-bond donors (Lipinski definition) is 0. The molecule has 0 N–H and O–H groups in total. The molecule has 0 aliphatic rings. The number of benzene rings is 1. The zero-order valence-corrected chi connectivity index (χ0v) is 10.3. The van der Waals surface area contributed by atoms with E-state index < -0.39 is 0 Å². The zero-order valence-electron chi connectivity index (χ0n) is 10.3. The molecule has 0 saturated carbocycles. The van der Waals surface area contributed by atoms with Gasteiger partial charge in [0.05, 0.1) is 0 Å². The van der Waals surface area contributed by atoms with Crippen molar-refractivity contribution in [3.63, 3.8) is 0 Å². The summed E-state index contributed by atoms with van der Waals surface area (Å²) in [7, 11) is 0. The van der Waals surface area contributed by atoms with Crippen LogP contribution in [0.3, 0.4) is 0 Å². The van der Waals surface area contributed by atoms with Crippen LogP contribution in [0.2, 0.25) is 0 Å². The van der Waals surface area contributed by atoms with Crippen molar-refractivity contribution in [2.45, 2.75) is 46.5 Å². The highest BCUT2D eigenvalue weighted by atomic mass is 14.1. The molecule has 82 valence electrons. The van der Waals surface area contributed by atoms with Crippen molar-refractivity contribution in [1.29, 1.82) is 0 Å². The predicted molar refractivity (Wildman–Crippen MR) is 68.3 cm³/mol. The minimum absolute atomic E-state index is 1.11. The first-order chi connectivity index (χ1) is 7.13. The summed E-state index contributed by atoms with van der Waals surface area (Å²) in [5.74, 6) is 0. The van der Waals surface area contributed by atoms with Crippen molar-refractivity contribution < 1.29 is 0 Å². The minimum Gasteiger partial charge on any atom is -0.100 e. The van der Waals surface area contributed by atoms with Crippen LogP contribution in [-0.4, -0.2) is 0 Å². The Balaban J connectivity index is 2.73. The normalized spacial score (nSPS) is 10.3. The second-order valence-electron chi connectivity index (χ2n) is 4.47. The predicted octanol–water partition coefficient (Wildman–Crippen LogP) is 4.46. The summed E-state index contributed by atoms with van der Waals surface area (Å²) in [5, 5.41) is 0. The molecule has 1 aromatic carbocycles. The van der Waals surface area contributed by atoms with Crippen molar-refractivity contribution in [2.75, 3.05) is 0 Å². The lowest BCUT2D eigenvalue weighted by molar-refractivity contribution is 0.896. The number of allylic oxidation sites excluding steroid dienone is 1. The van der Waals surface area contributed by atoms with Crippen molar-refractivity contribution in [3.05, 3.63) is 47.0 Å². The maximum absolute atomic E-state index is 3.95. The Morgan fingerprint density at radius 1 is 1.27 bits per heavy atom. The SMILES string of the molecule is C=C(C)CCc1ccc(C)c(CCC)c1. The molecule has 0 nitrogen and oxygen atoms in total. The molecule has 0 aliphatic carbocycles. The number of rotatable bonds is 5. The van der Waals surface area contributed by atoms with Crippen molar-refractivity contribution in [2.24, 2.45) is 0 Å². The lowest BCUT2D eigenvalue weighted by atomic mass is 9.98. The monoisotopic (exact) mass is 202 g/mol. The van der Waals surface area contributed by atoms with E-state index >= 15 is 0 Å². The Bertz CT molecular complexity index is 334. The quantitative estimate of drug-likeness (QED) is 0.618. The lowest BCUT2D eigenvalue weighted by Gasteiger charge is -2.08. The molecule has 0 spiro atoms. The van der Waals surface area contributed by atoms with E-state index in [1.54, 1.807) is 0 Å². The first-order valence-electron chi connectivity index (χ1n) is 5.86. The average molecular weight is 202 g/mol. The summed E-state index contributed by atoms with van der Waals surface area (Å²) in [5.41, 5.74) is 5.66. The van der Waals surface area contributed by atoms with E-state index in [-0.39, 0.29) is 0 Å². The third kappa shape index (κ3) is 3.91. The summed E-state index contributed by atoms with van der Waals surface area (Å²) >= 11 is 0. The van der Waals surface area contributed by atoms with E-state index in [0.717, 1.165) is 12.8 Å². The van der Waals surface area contributed by atoms with Gasteiger partial charge in [-0.15, -0.1) is 6.58 Å². The highest BCUT2D eigenvalue weighted by Crippen LogP contribution is 2.15. The first kappa shape index (κ1) is 12.0. The van der Waals surface area contributed by atoms with Gasteiger partial charge < -0.3 is 0 Å². The van der Waals surface area contributed by atoms with Crippen LogP contribution in [0.5, 0.6) is 0 Å². The van der Waals surface area contributed by atoms with Gasteiger partial charge in [-0.3, -0.25) is 0 Å². The van der Waals surface area contributed by atoms with Gasteiger partial charge in [0.15, 0.2) is 0 Å². The van der Waals surface area contributed by atoms with Gasteiger partial charge in [-0.25, -0.2) is 0 Å². The van der Waals surface area contributed by atoms with Gasteiger partial charge in [0.2, 0.25) is 0 Å². The smallest absolute Gasteiger partial charge is 0.0242 e. The molecule has 0 saturated heterocycles. The third-order valence-electron chi connectivity index (χ3n) is 2.77. The summed E-state index contributed by atoms with van der Waals surface area (Å²) in [4.78, 5) is 0. The van der Waals surface area contributed by atoms with E-state index in [2.05, 4.69) is 45.5 Å². The summed E-state index contributed by atoms with van der Waals surface area (Å²) in [6, 6.07) is 6.86. The van der Waals surface area contributed by atoms with Gasteiger partial charge in [0.1, 0.15) is 0 Å². The zero-order chi connectivity index (χ0) is 11.3.